The van der Waals surface area contributed by atoms with Gasteiger partial charge in [-0.3, -0.25) is 20.6 Å². The van der Waals surface area contributed by atoms with Crippen LogP contribution in [0.1, 0.15) is 106 Å². The molecule has 0 fully saturated rings. The molecular weight excluding hydrogens is 426 g/mol. The second kappa shape index (κ2) is 18.2. The average molecular weight is 478 g/mol. The maximum absolute atomic E-state index is 10.9. The van der Waals surface area contributed by atoms with Crippen LogP contribution < -0.4 is 22.1 Å². The van der Waals surface area contributed by atoms with Crippen LogP contribution in [0.2, 0.25) is 0 Å². The van der Waals surface area contributed by atoms with Gasteiger partial charge in [-0.25, -0.2) is 4.99 Å². The van der Waals surface area contributed by atoms with E-state index in [1.165, 1.54) is 19.3 Å². The molecule has 0 aliphatic carbocycles. The van der Waals surface area contributed by atoms with Gasteiger partial charge in [-0.1, -0.05) is 52.5 Å². The summed E-state index contributed by atoms with van der Waals surface area (Å²) in [7, 11) is 0. The Kier molecular flexibility index (Phi) is 17.0. The molecule has 0 saturated carbocycles. The van der Waals surface area contributed by atoms with Crippen LogP contribution in [0.25, 0.3) is 0 Å². The molecule has 0 spiro atoms. The van der Waals surface area contributed by atoms with E-state index in [4.69, 9.17) is 11.5 Å². The molecule has 1 unspecified atom stereocenters. The van der Waals surface area contributed by atoms with E-state index in [2.05, 4.69) is 46.4 Å². The lowest BCUT2D eigenvalue weighted by atomic mass is 9.89. The van der Waals surface area contributed by atoms with E-state index in [1.807, 2.05) is 32.2 Å². The van der Waals surface area contributed by atoms with Crippen LogP contribution in [0.15, 0.2) is 27.1 Å². The Morgan fingerprint density at radius 2 is 1.62 bits per heavy atom. The van der Waals surface area contributed by atoms with Gasteiger partial charge < -0.3 is 16.3 Å². The lowest BCUT2D eigenvalue weighted by molar-refractivity contribution is -0.117. The van der Waals surface area contributed by atoms with E-state index in [-0.39, 0.29) is 17.7 Å². The van der Waals surface area contributed by atoms with Gasteiger partial charge in [0, 0.05) is 19.2 Å². The summed E-state index contributed by atoms with van der Waals surface area (Å²) in [6.07, 6.45) is 16.2. The van der Waals surface area contributed by atoms with Crippen molar-refractivity contribution in [3.05, 3.63) is 12.2 Å². The van der Waals surface area contributed by atoms with Crippen molar-refractivity contribution < 1.29 is 4.79 Å². The highest BCUT2D eigenvalue weighted by atomic mass is 16.1. The highest BCUT2D eigenvalue weighted by Crippen LogP contribution is 2.22. The van der Waals surface area contributed by atoms with Gasteiger partial charge in [0.2, 0.25) is 0 Å². The van der Waals surface area contributed by atoms with Crippen molar-refractivity contribution in [2.75, 3.05) is 13.2 Å². The van der Waals surface area contributed by atoms with Gasteiger partial charge in [0.15, 0.2) is 11.9 Å². The molecule has 0 rings (SSSR count). The van der Waals surface area contributed by atoms with Gasteiger partial charge in [0.1, 0.15) is 11.4 Å². The summed E-state index contributed by atoms with van der Waals surface area (Å²) in [6.45, 7) is 13.4. The average Bonchev–Trinajstić information content (AvgIpc) is 2.70. The molecule has 0 aromatic heterocycles. The smallest absolute Gasteiger partial charge is 0.197 e. The highest BCUT2D eigenvalue weighted by Gasteiger charge is 2.18. The molecule has 0 aliphatic rings. The van der Waals surface area contributed by atoms with Gasteiger partial charge in [0.25, 0.3) is 0 Å². The Morgan fingerprint density at radius 1 is 0.941 bits per heavy atom. The lowest BCUT2D eigenvalue weighted by Gasteiger charge is -2.23. The third-order valence-electron chi connectivity index (χ3n) is 5.24. The number of hydrogen-bond donors (Lipinski definition) is 4. The van der Waals surface area contributed by atoms with Crippen molar-refractivity contribution in [3.8, 4) is 0 Å². The van der Waals surface area contributed by atoms with Crippen LogP contribution in [0.4, 0.5) is 0 Å². The van der Waals surface area contributed by atoms with Crippen LogP contribution in [-0.2, 0) is 4.79 Å². The molecule has 0 heterocycles. The molecule has 6 N–H and O–H groups in total. The molecule has 0 bridgehead atoms. The zero-order valence-corrected chi connectivity index (χ0v) is 22.6. The van der Waals surface area contributed by atoms with Crippen molar-refractivity contribution in [3.63, 3.8) is 0 Å². The molecule has 0 aromatic rings. The minimum Gasteiger partial charge on any atom is -0.370 e. The Labute approximate surface area is 208 Å². The summed E-state index contributed by atoms with van der Waals surface area (Å²) in [6, 6.07) is 0. The van der Waals surface area contributed by atoms with Crippen LogP contribution in [0, 0.1) is 5.41 Å². The number of Topliss-reactive ketones (excluding diaryl/α,β-unsaturated/α-hetero) is 1. The summed E-state index contributed by atoms with van der Waals surface area (Å²) >= 11 is 0. The number of carbonyl (C=O) groups excluding carboxylic acids is 1. The predicted octanol–water partition coefficient (Wildman–Crippen LogP) is 4.65. The second-order valence-electron chi connectivity index (χ2n) is 10.3. The Bertz CT molecular complexity index is 677. The first-order valence-electron chi connectivity index (χ1n) is 12.8. The summed E-state index contributed by atoms with van der Waals surface area (Å²) in [5.74, 6) is 0.737. The van der Waals surface area contributed by atoms with Crippen molar-refractivity contribution >= 4 is 23.9 Å². The number of hydrogen-bond acceptors (Lipinski definition) is 5. The zero-order valence-electron chi connectivity index (χ0n) is 22.6. The number of aliphatic imine (C=N–C) groups is 3. The molecule has 0 radical (unpaired) electrons. The summed E-state index contributed by atoms with van der Waals surface area (Å²) in [4.78, 5) is 24.2. The first kappa shape index (κ1) is 31.8. The molecular formula is C26H51N7O. The molecule has 0 saturated heterocycles. The molecule has 0 aromatic carbocycles. The van der Waals surface area contributed by atoms with Crippen LogP contribution in [0.3, 0.4) is 0 Å². The third kappa shape index (κ3) is 20.4. The Morgan fingerprint density at radius 3 is 2.26 bits per heavy atom. The molecule has 1 atom stereocenters. The van der Waals surface area contributed by atoms with E-state index in [9.17, 15) is 4.79 Å². The summed E-state index contributed by atoms with van der Waals surface area (Å²) in [5, 5.41) is 6.16. The predicted molar refractivity (Wildman–Crippen MR) is 147 cm³/mol. The van der Waals surface area contributed by atoms with Gasteiger partial charge >= 0.3 is 0 Å². The quantitative estimate of drug-likeness (QED) is 0.105. The largest absolute Gasteiger partial charge is 0.370 e. The minimum atomic E-state index is -0.710. The SMILES string of the molecule is CC=CC(C)(N=C(N)NC(N)=NCCCCCCC(C)(C)C)NCN=CCCCCCC(C)=O. The highest BCUT2D eigenvalue weighted by molar-refractivity contribution is 5.97. The first-order chi connectivity index (χ1) is 16.0. The number of nitrogens with zero attached hydrogens (tertiary/aromatic N) is 3. The molecule has 196 valence electrons. The minimum absolute atomic E-state index is 0.203. The first-order valence-corrected chi connectivity index (χ1v) is 12.8. The van der Waals surface area contributed by atoms with Gasteiger partial charge in [0.05, 0.1) is 6.67 Å². The van der Waals surface area contributed by atoms with Gasteiger partial charge in [-0.05, 0) is 64.4 Å². The maximum atomic E-state index is 10.9. The number of nitrogens with one attached hydrogen (secondary N) is 2. The summed E-state index contributed by atoms with van der Waals surface area (Å²) in [5.41, 5.74) is 11.7. The fourth-order valence-electron chi connectivity index (χ4n) is 3.38. The van der Waals surface area contributed by atoms with E-state index in [0.717, 1.165) is 38.5 Å². The van der Waals surface area contributed by atoms with Crippen LogP contribution in [-0.4, -0.2) is 42.8 Å². The third-order valence-corrected chi connectivity index (χ3v) is 5.24. The summed E-state index contributed by atoms with van der Waals surface area (Å²) < 4.78 is 0. The normalized spacial score (nSPS) is 15.2. The standard InChI is InChI=1S/C26H51N7O/c1-7-17-26(6,31-21-29-19-14-10-8-12-16-22(2)34)33-24(28)32-23(27)30-20-15-11-9-13-18-25(3,4)5/h7,17,19,31H,8-16,18,20-21H2,1-6H3,(H5,27,28,30,32,33). The number of guanidine groups is 2. The molecule has 0 aliphatic heterocycles. The van der Waals surface area contributed by atoms with Crippen molar-refractivity contribution in [1.29, 1.82) is 0 Å². The van der Waals surface area contributed by atoms with Crippen molar-refractivity contribution in [2.45, 2.75) is 111 Å². The fourth-order valence-corrected chi connectivity index (χ4v) is 3.38. The molecule has 8 nitrogen and oxygen atoms in total. The van der Waals surface area contributed by atoms with Gasteiger partial charge in [-0.2, -0.15) is 0 Å². The Balaban J connectivity index is 4.37. The fraction of sp³-hybridized carbons (Fsp3) is 0.769. The molecule has 0 amide bonds. The number of nitrogens with two attached hydrogens (primary N) is 2. The van der Waals surface area contributed by atoms with Gasteiger partial charge in [-0.15, -0.1) is 0 Å². The molecule has 8 heteroatoms. The van der Waals surface area contributed by atoms with Crippen LogP contribution >= 0.6 is 0 Å². The zero-order chi connectivity index (χ0) is 25.9. The monoisotopic (exact) mass is 477 g/mol. The number of allylic oxidation sites excluding steroid dienone is 1. The number of rotatable bonds is 17. The molecule has 34 heavy (non-hydrogen) atoms. The van der Waals surface area contributed by atoms with E-state index in [1.54, 1.807) is 6.92 Å². The van der Waals surface area contributed by atoms with Crippen LogP contribution in [0.5, 0.6) is 0 Å². The van der Waals surface area contributed by atoms with E-state index in [0.29, 0.717) is 25.0 Å². The maximum Gasteiger partial charge on any atom is 0.197 e. The van der Waals surface area contributed by atoms with E-state index < -0.39 is 5.66 Å². The lowest BCUT2D eigenvalue weighted by Crippen LogP contribution is -2.47. The van der Waals surface area contributed by atoms with E-state index >= 15 is 0 Å². The van der Waals surface area contributed by atoms with Crippen molar-refractivity contribution in [1.82, 2.24) is 10.6 Å². The Hall–Kier alpha value is -2.22. The second-order valence-corrected chi connectivity index (χ2v) is 10.3. The number of carbonyl (C=O) groups is 1. The topological polar surface area (TPSA) is 130 Å². The number of unbranched alkanes of at least 4 members (excludes halogenated alkanes) is 6. The van der Waals surface area contributed by atoms with Crippen molar-refractivity contribution in [2.24, 2.45) is 31.9 Å². The number of ketones is 1.